The highest BCUT2D eigenvalue weighted by molar-refractivity contribution is 6.00. The van der Waals surface area contributed by atoms with Crippen molar-refractivity contribution in [3.8, 4) is 17.2 Å². The molecule has 33 heavy (non-hydrogen) atoms. The molecule has 2 amide bonds. The van der Waals surface area contributed by atoms with Crippen LogP contribution in [0.4, 0.5) is 29.3 Å². The van der Waals surface area contributed by atoms with Gasteiger partial charge in [0.15, 0.2) is 0 Å². The van der Waals surface area contributed by atoms with Crippen LogP contribution in [-0.2, 0) is 6.18 Å². The number of benzene rings is 2. The molecule has 3 aromatic rings. The first-order valence-corrected chi connectivity index (χ1v) is 9.89. The number of alkyl halides is 3. The predicted molar refractivity (Wildman–Crippen MR) is 119 cm³/mol. The Hall–Kier alpha value is -3.79. The average molecular weight is 460 g/mol. The monoisotopic (exact) mass is 460 g/mol. The molecule has 0 saturated carbocycles. The molecule has 0 unspecified atom stereocenters. The van der Waals surface area contributed by atoms with E-state index in [4.69, 9.17) is 15.2 Å². The quantitative estimate of drug-likeness (QED) is 0.423. The first kappa shape index (κ1) is 23.9. The SMILES string of the molecule is CC(C)(N)COc1cccc(NC(=O)Nc2cccc(Oc3ccncc3)c2)c1C(F)(F)F. The standard InChI is InChI=1S/C23H23F3N4O3/c1-22(2,27)14-32-19-8-4-7-18(20(19)23(24,25)26)30-21(31)29-15-5-3-6-17(13-15)33-16-9-11-28-12-10-16/h3-13H,14,27H2,1-2H3,(H2,29,30,31). The van der Waals surface area contributed by atoms with E-state index in [0.29, 0.717) is 17.2 Å². The number of anilines is 2. The second kappa shape index (κ2) is 9.78. The van der Waals surface area contributed by atoms with Crippen molar-refractivity contribution in [1.29, 1.82) is 0 Å². The number of amides is 2. The van der Waals surface area contributed by atoms with E-state index < -0.39 is 34.7 Å². The van der Waals surface area contributed by atoms with Gasteiger partial charge in [-0.2, -0.15) is 13.2 Å². The van der Waals surface area contributed by atoms with Crippen molar-refractivity contribution in [3.05, 3.63) is 72.6 Å². The van der Waals surface area contributed by atoms with Gasteiger partial charge in [0.25, 0.3) is 0 Å². The van der Waals surface area contributed by atoms with E-state index >= 15 is 0 Å². The van der Waals surface area contributed by atoms with Crippen LogP contribution in [0.3, 0.4) is 0 Å². The van der Waals surface area contributed by atoms with Crippen LogP contribution in [0.1, 0.15) is 19.4 Å². The van der Waals surface area contributed by atoms with Crippen molar-refractivity contribution in [3.63, 3.8) is 0 Å². The second-order valence-electron chi connectivity index (χ2n) is 7.85. The number of carbonyl (C=O) groups is 1. The minimum atomic E-state index is -4.77. The van der Waals surface area contributed by atoms with Crippen LogP contribution < -0.4 is 25.8 Å². The van der Waals surface area contributed by atoms with Crippen LogP contribution in [-0.4, -0.2) is 23.2 Å². The number of halogens is 3. The molecule has 0 spiro atoms. The third kappa shape index (κ3) is 7.11. The van der Waals surface area contributed by atoms with Crippen LogP contribution in [0.15, 0.2) is 67.0 Å². The second-order valence-corrected chi connectivity index (χ2v) is 7.85. The smallest absolute Gasteiger partial charge is 0.421 e. The van der Waals surface area contributed by atoms with Crippen molar-refractivity contribution in [2.75, 3.05) is 17.2 Å². The Morgan fingerprint density at radius 3 is 2.36 bits per heavy atom. The summed E-state index contributed by atoms with van der Waals surface area (Å²) in [6, 6.07) is 12.5. The van der Waals surface area contributed by atoms with Crippen LogP contribution >= 0.6 is 0 Å². The lowest BCUT2D eigenvalue weighted by atomic mass is 10.1. The third-order valence-corrected chi connectivity index (χ3v) is 4.13. The first-order chi connectivity index (χ1) is 15.5. The van der Waals surface area contributed by atoms with Crippen LogP contribution in [0.2, 0.25) is 0 Å². The molecule has 0 bridgehead atoms. The van der Waals surface area contributed by atoms with Gasteiger partial charge in [-0.15, -0.1) is 0 Å². The Kier molecular flexibility index (Phi) is 7.07. The zero-order valence-electron chi connectivity index (χ0n) is 17.9. The number of nitrogens with zero attached hydrogens (tertiary/aromatic N) is 1. The fourth-order valence-electron chi connectivity index (χ4n) is 2.78. The molecule has 4 N–H and O–H groups in total. The number of urea groups is 1. The zero-order valence-corrected chi connectivity index (χ0v) is 17.9. The molecule has 1 aromatic heterocycles. The maximum Gasteiger partial charge on any atom is 0.421 e. The Labute approximate surface area is 188 Å². The molecule has 174 valence electrons. The van der Waals surface area contributed by atoms with Gasteiger partial charge in [-0.1, -0.05) is 12.1 Å². The van der Waals surface area contributed by atoms with Gasteiger partial charge in [-0.3, -0.25) is 4.98 Å². The topological polar surface area (TPSA) is 98.5 Å². The van der Waals surface area contributed by atoms with E-state index in [-0.39, 0.29) is 6.61 Å². The fourth-order valence-corrected chi connectivity index (χ4v) is 2.78. The minimum absolute atomic E-state index is 0.143. The number of nitrogens with two attached hydrogens (primary N) is 1. The van der Waals surface area contributed by atoms with Gasteiger partial charge >= 0.3 is 12.2 Å². The van der Waals surface area contributed by atoms with E-state index in [9.17, 15) is 18.0 Å². The summed E-state index contributed by atoms with van der Waals surface area (Å²) in [6.07, 6.45) is -1.64. The molecule has 0 aliphatic rings. The van der Waals surface area contributed by atoms with Gasteiger partial charge in [0.05, 0.1) is 5.69 Å². The highest BCUT2D eigenvalue weighted by Crippen LogP contribution is 2.41. The summed E-state index contributed by atoms with van der Waals surface area (Å²) < 4.78 is 52.3. The predicted octanol–water partition coefficient (Wildman–Crippen LogP) is 5.65. The maximum atomic E-state index is 13.8. The van der Waals surface area contributed by atoms with Crippen LogP contribution in [0.25, 0.3) is 0 Å². The number of hydrogen-bond donors (Lipinski definition) is 3. The summed E-state index contributed by atoms with van der Waals surface area (Å²) in [7, 11) is 0. The molecule has 0 radical (unpaired) electrons. The van der Waals surface area contributed by atoms with Gasteiger partial charge in [-0.25, -0.2) is 4.79 Å². The van der Waals surface area contributed by atoms with Crippen molar-refractivity contribution < 1.29 is 27.4 Å². The van der Waals surface area contributed by atoms with E-state index in [1.807, 2.05) is 0 Å². The molecular formula is C23H23F3N4O3. The molecule has 0 aliphatic heterocycles. The van der Waals surface area contributed by atoms with Gasteiger partial charge in [0.1, 0.15) is 29.4 Å². The molecule has 2 aromatic carbocycles. The highest BCUT2D eigenvalue weighted by atomic mass is 19.4. The van der Waals surface area contributed by atoms with Gasteiger partial charge < -0.3 is 25.8 Å². The molecule has 0 saturated heterocycles. The number of rotatable bonds is 7. The summed E-state index contributed by atoms with van der Waals surface area (Å²) >= 11 is 0. The highest BCUT2D eigenvalue weighted by Gasteiger charge is 2.38. The molecule has 3 rings (SSSR count). The number of nitrogens with one attached hydrogen (secondary N) is 2. The lowest BCUT2D eigenvalue weighted by molar-refractivity contribution is -0.138. The van der Waals surface area contributed by atoms with Crippen molar-refractivity contribution in [2.24, 2.45) is 5.73 Å². The summed E-state index contributed by atoms with van der Waals surface area (Å²) in [5.74, 6) is 0.542. The molecule has 7 nitrogen and oxygen atoms in total. The lowest BCUT2D eigenvalue weighted by Gasteiger charge is -2.22. The third-order valence-electron chi connectivity index (χ3n) is 4.13. The molecular weight excluding hydrogens is 437 g/mol. The summed E-state index contributed by atoms with van der Waals surface area (Å²) in [4.78, 5) is 16.4. The Morgan fingerprint density at radius 2 is 1.70 bits per heavy atom. The van der Waals surface area contributed by atoms with Crippen LogP contribution in [0, 0.1) is 0 Å². The normalized spacial score (nSPS) is 11.6. The van der Waals surface area contributed by atoms with Gasteiger partial charge in [0.2, 0.25) is 0 Å². The Balaban J connectivity index is 1.75. The van der Waals surface area contributed by atoms with E-state index in [1.165, 1.54) is 18.2 Å². The molecule has 1 heterocycles. The Morgan fingerprint density at radius 1 is 1.00 bits per heavy atom. The largest absolute Gasteiger partial charge is 0.491 e. The van der Waals surface area contributed by atoms with Crippen LogP contribution in [0.5, 0.6) is 17.2 Å². The Bertz CT molecular complexity index is 1100. The van der Waals surface area contributed by atoms with Gasteiger partial charge in [-0.05, 0) is 50.2 Å². The number of carbonyl (C=O) groups excluding carboxylic acids is 1. The van der Waals surface area contributed by atoms with Crippen molar-refractivity contribution in [2.45, 2.75) is 25.6 Å². The first-order valence-electron chi connectivity index (χ1n) is 9.89. The summed E-state index contributed by atoms with van der Waals surface area (Å²) in [6.45, 7) is 3.11. The zero-order chi connectivity index (χ0) is 24.1. The number of ether oxygens (including phenoxy) is 2. The van der Waals surface area contributed by atoms with Crippen molar-refractivity contribution >= 4 is 17.4 Å². The number of pyridine rings is 1. The summed E-state index contributed by atoms with van der Waals surface area (Å²) in [5, 5.41) is 4.74. The van der Waals surface area contributed by atoms with Crippen molar-refractivity contribution in [1.82, 2.24) is 4.98 Å². The number of hydrogen-bond acceptors (Lipinski definition) is 5. The molecule has 10 heteroatoms. The van der Waals surface area contributed by atoms with E-state index in [1.54, 1.807) is 56.6 Å². The molecule has 0 fully saturated rings. The van der Waals surface area contributed by atoms with E-state index in [2.05, 4.69) is 15.6 Å². The van der Waals surface area contributed by atoms with E-state index in [0.717, 1.165) is 6.07 Å². The van der Waals surface area contributed by atoms with Gasteiger partial charge in [0, 0.05) is 29.7 Å². The average Bonchev–Trinajstić information content (AvgIpc) is 2.72. The fraction of sp³-hybridized carbons (Fsp3) is 0.217. The molecule has 0 aliphatic carbocycles. The maximum absolute atomic E-state index is 13.8. The summed E-state index contributed by atoms with van der Waals surface area (Å²) in [5.41, 5.74) is 3.75. The lowest BCUT2D eigenvalue weighted by Crippen LogP contribution is -2.39. The number of aromatic nitrogens is 1. The molecule has 0 atom stereocenters. The minimum Gasteiger partial charge on any atom is -0.491 e.